The van der Waals surface area contributed by atoms with Gasteiger partial charge in [-0.1, -0.05) is 17.7 Å². The van der Waals surface area contributed by atoms with Crippen molar-refractivity contribution in [3.05, 3.63) is 76.2 Å². The maximum Gasteiger partial charge on any atom is 0.302 e. The lowest BCUT2D eigenvalue weighted by Crippen LogP contribution is -2.29. The minimum absolute atomic E-state index is 0.00106. The highest BCUT2D eigenvalue weighted by Crippen LogP contribution is 2.43. The van der Waals surface area contributed by atoms with E-state index < -0.39 is 17.7 Å². The fraction of sp³-hybridized carbons (Fsp3) is 0.150. The Morgan fingerprint density at radius 3 is 2.74 bits per heavy atom. The number of ketones is 1. The highest BCUT2D eigenvalue weighted by atomic mass is 32.1. The number of thiazole rings is 1. The summed E-state index contributed by atoms with van der Waals surface area (Å²) in [4.78, 5) is 31.1. The van der Waals surface area contributed by atoms with E-state index in [1.54, 1.807) is 29.8 Å². The molecule has 1 aliphatic rings. The molecule has 7 heteroatoms. The molecule has 1 aliphatic heterocycles. The van der Waals surface area contributed by atoms with Gasteiger partial charge in [-0.05, 0) is 37.6 Å². The van der Waals surface area contributed by atoms with Crippen molar-refractivity contribution in [2.45, 2.75) is 19.9 Å². The summed E-state index contributed by atoms with van der Waals surface area (Å²) in [5.41, 5.74) is 2.25. The lowest BCUT2D eigenvalue weighted by Gasteiger charge is -2.20. The Morgan fingerprint density at radius 1 is 1.26 bits per heavy atom. The number of hydrogen-bond donors (Lipinski definition) is 1. The number of nitrogens with zero attached hydrogens (tertiary/aromatic N) is 2. The molecule has 1 fully saturated rings. The van der Waals surface area contributed by atoms with Crippen LogP contribution in [0.5, 0.6) is 0 Å². The first-order chi connectivity index (χ1) is 13.0. The third-order valence-corrected chi connectivity index (χ3v) is 5.30. The van der Waals surface area contributed by atoms with Crippen LogP contribution in [0, 0.1) is 13.8 Å². The van der Waals surface area contributed by atoms with Crippen molar-refractivity contribution in [2.24, 2.45) is 0 Å². The summed E-state index contributed by atoms with van der Waals surface area (Å²) >= 11 is 1.24. The Balaban J connectivity index is 1.96. The van der Waals surface area contributed by atoms with Gasteiger partial charge in [0.25, 0.3) is 5.78 Å². The molecule has 0 saturated carbocycles. The molecule has 136 valence electrons. The molecule has 0 bridgehead atoms. The van der Waals surface area contributed by atoms with Gasteiger partial charge in [0.2, 0.25) is 0 Å². The zero-order valence-electron chi connectivity index (χ0n) is 14.7. The van der Waals surface area contributed by atoms with Crippen LogP contribution in [-0.2, 0) is 9.59 Å². The van der Waals surface area contributed by atoms with E-state index in [0.29, 0.717) is 16.5 Å². The molecule has 1 atom stereocenters. The molecule has 3 aromatic rings. The summed E-state index contributed by atoms with van der Waals surface area (Å²) in [6, 6.07) is 8.06. The predicted molar refractivity (Wildman–Crippen MR) is 102 cm³/mol. The maximum absolute atomic E-state index is 12.9. The molecule has 2 aromatic heterocycles. The molecule has 1 saturated heterocycles. The van der Waals surface area contributed by atoms with Crippen molar-refractivity contribution < 1.29 is 19.1 Å². The van der Waals surface area contributed by atoms with Gasteiger partial charge in [-0.15, -0.1) is 11.3 Å². The van der Waals surface area contributed by atoms with E-state index in [4.69, 9.17) is 4.42 Å². The topological polar surface area (TPSA) is 83.6 Å². The molecular formula is C20H16N2O4S. The van der Waals surface area contributed by atoms with E-state index in [9.17, 15) is 14.7 Å². The summed E-state index contributed by atoms with van der Waals surface area (Å²) in [6.45, 7) is 3.74. The van der Waals surface area contributed by atoms with Gasteiger partial charge in [0.15, 0.2) is 5.13 Å². The van der Waals surface area contributed by atoms with Gasteiger partial charge in [-0.2, -0.15) is 0 Å². The van der Waals surface area contributed by atoms with Crippen LogP contribution in [0.2, 0.25) is 0 Å². The summed E-state index contributed by atoms with van der Waals surface area (Å²) in [7, 11) is 0. The number of aryl methyl sites for hydroxylation is 2. The number of furan rings is 1. The first kappa shape index (κ1) is 17.2. The summed E-state index contributed by atoms with van der Waals surface area (Å²) < 4.78 is 5.50. The van der Waals surface area contributed by atoms with Crippen LogP contribution in [0.3, 0.4) is 0 Å². The van der Waals surface area contributed by atoms with Gasteiger partial charge in [-0.25, -0.2) is 4.98 Å². The molecule has 3 heterocycles. The number of Topliss-reactive ketones (excluding diaryl/α,β-unsaturated/α-hetero) is 1. The van der Waals surface area contributed by atoms with Gasteiger partial charge in [0.1, 0.15) is 17.6 Å². The zero-order chi connectivity index (χ0) is 19.1. The largest absolute Gasteiger partial charge is 0.507 e. The first-order valence-electron chi connectivity index (χ1n) is 8.30. The number of aliphatic hydroxyl groups excluding tert-OH is 1. The number of carbonyl (C=O) groups excluding carboxylic acids is 2. The number of aromatic nitrogens is 1. The van der Waals surface area contributed by atoms with Crippen molar-refractivity contribution in [3.63, 3.8) is 0 Å². The summed E-state index contributed by atoms with van der Waals surface area (Å²) in [6.07, 6.45) is 3.03. The molecule has 6 nitrogen and oxygen atoms in total. The maximum atomic E-state index is 12.9. The van der Waals surface area contributed by atoms with Crippen LogP contribution in [0.15, 0.2) is 58.2 Å². The predicted octanol–water partition coefficient (Wildman–Crippen LogP) is 3.98. The molecule has 0 radical (unpaired) electrons. The summed E-state index contributed by atoms with van der Waals surface area (Å²) in [5.74, 6) is -1.32. The average molecular weight is 380 g/mol. The minimum atomic E-state index is -0.869. The molecule has 1 unspecified atom stereocenters. The number of hydrogen-bond acceptors (Lipinski definition) is 6. The van der Waals surface area contributed by atoms with Crippen molar-refractivity contribution >= 4 is 33.9 Å². The molecular weight excluding hydrogens is 364 g/mol. The van der Waals surface area contributed by atoms with Crippen molar-refractivity contribution in [3.8, 4) is 0 Å². The zero-order valence-corrected chi connectivity index (χ0v) is 15.5. The van der Waals surface area contributed by atoms with Gasteiger partial charge in [-0.3, -0.25) is 14.5 Å². The van der Waals surface area contributed by atoms with Crippen molar-refractivity contribution in [1.82, 2.24) is 4.98 Å². The van der Waals surface area contributed by atoms with Gasteiger partial charge in [0.05, 0.1) is 11.8 Å². The molecule has 1 amide bonds. The van der Waals surface area contributed by atoms with E-state index in [1.165, 1.54) is 22.5 Å². The van der Waals surface area contributed by atoms with E-state index >= 15 is 0 Å². The van der Waals surface area contributed by atoms with E-state index in [0.717, 1.165) is 11.1 Å². The number of carbonyl (C=O) groups is 2. The number of rotatable bonds is 3. The minimum Gasteiger partial charge on any atom is -0.507 e. The van der Waals surface area contributed by atoms with Crippen LogP contribution in [0.25, 0.3) is 5.76 Å². The van der Waals surface area contributed by atoms with Gasteiger partial charge in [0, 0.05) is 17.1 Å². The van der Waals surface area contributed by atoms with Crippen LogP contribution in [0.1, 0.15) is 28.5 Å². The second-order valence-electron chi connectivity index (χ2n) is 6.32. The van der Waals surface area contributed by atoms with E-state index in [2.05, 4.69) is 4.98 Å². The van der Waals surface area contributed by atoms with Crippen LogP contribution in [-0.4, -0.2) is 21.8 Å². The van der Waals surface area contributed by atoms with Gasteiger partial charge >= 0.3 is 5.91 Å². The SMILES string of the molecule is Cc1ccc(C)c(/C(O)=C2\C(=O)C(=O)N(c3nccs3)C2c2ccco2)c1. The smallest absolute Gasteiger partial charge is 0.302 e. The third-order valence-electron chi connectivity index (χ3n) is 4.53. The number of anilines is 1. The fourth-order valence-corrected chi connectivity index (χ4v) is 3.88. The Labute approximate surface area is 159 Å². The molecule has 1 N–H and O–H groups in total. The standard InChI is InChI=1S/C20H16N2O4S/c1-11-5-6-12(2)13(10-11)17(23)15-16(14-4-3-8-26-14)22(19(25)18(15)24)20-21-7-9-27-20/h3-10,16,23H,1-2H3/b17-15+. The second-order valence-corrected chi connectivity index (χ2v) is 7.19. The van der Waals surface area contributed by atoms with Crippen LogP contribution < -0.4 is 4.90 Å². The van der Waals surface area contributed by atoms with Gasteiger partial charge < -0.3 is 9.52 Å². The Kier molecular flexibility index (Phi) is 4.16. The Morgan fingerprint density at radius 2 is 2.07 bits per heavy atom. The number of benzene rings is 1. The second kappa shape index (κ2) is 6.51. The molecule has 1 aromatic carbocycles. The average Bonchev–Trinajstić information content (AvgIpc) is 3.39. The van der Waals surface area contributed by atoms with Crippen molar-refractivity contribution in [2.75, 3.05) is 4.90 Å². The highest BCUT2D eigenvalue weighted by Gasteiger charge is 2.49. The quantitative estimate of drug-likeness (QED) is 0.422. The monoisotopic (exact) mass is 380 g/mol. The molecule has 0 aliphatic carbocycles. The van der Waals surface area contributed by atoms with Crippen molar-refractivity contribution in [1.29, 1.82) is 0 Å². The fourth-order valence-electron chi connectivity index (χ4n) is 3.22. The van der Waals surface area contributed by atoms with E-state index in [-0.39, 0.29) is 11.3 Å². The van der Waals surface area contributed by atoms with Crippen LogP contribution in [0.4, 0.5) is 5.13 Å². The Bertz CT molecular complexity index is 1050. The lowest BCUT2D eigenvalue weighted by atomic mass is 9.96. The third kappa shape index (κ3) is 2.76. The normalized spacial score (nSPS) is 19.0. The molecule has 0 spiro atoms. The lowest BCUT2D eigenvalue weighted by molar-refractivity contribution is -0.132. The van der Waals surface area contributed by atoms with Crippen LogP contribution >= 0.6 is 11.3 Å². The first-order valence-corrected chi connectivity index (χ1v) is 9.18. The highest BCUT2D eigenvalue weighted by molar-refractivity contribution is 7.14. The Hall–Kier alpha value is -3.19. The molecule has 4 rings (SSSR count). The summed E-state index contributed by atoms with van der Waals surface area (Å²) in [5, 5.41) is 13.1. The molecule has 27 heavy (non-hydrogen) atoms. The number of aliphatic hydroxyl groups is 1. The van der Waals surface area contributed by atoms with E-state index in [1.807, 2.05) is 26.0 Å². The number of amides is 1.